The molecular formula is C42H53N3O9. The number of rotatable bonds is 20. The molecule has 4 aliphatic rings. The molecule has 0 saturated heterocycles. The van der Waals surface area contributed by atoms with Crippen molar-refractivity contribution in [3.63, 3.8) is 0 Å². The number of nitrogens with zero attached hydrogens (tertiary/aromatic N) is 3. The molecule has 1 amide bonds. The second kappa shape index (κ2) is 17.7. The minimum absolute atomic E-state index is 0.00534. The van der Waals surface area contributed by atoms with E-state index in [0.717, 1.165) is 55.2 Å². The Labute approximate surface area is 317 Å². The first-order valence-corrected chi connectivity index (χ1v) is 19.2. The van der Waals surface area contributed by atoms with Gasteiger partial charge in [-0.1, -0.05) is 42.8 Å². The highest BCUT2D eigenvalue weighted by Gasteiger charge is 2.65. The number of benzene rings is 2. The Bertz CT molecular complexity index is 1720. The summed E-state index contributed by atoms with van der Waals surface area (Å²) in [5.74, 6) is -0.341. The van der Waals surface area contributed by atoms with Gasteiger partial charge in [0.2, 0.25) is 11.7 Å². The number of fused-ring (bicyclic) bond motifs is 2. The third kappa shape index (κ3) is 8.25. The number of amides is 1. The molecule has 2 aromatic carbocycles. The van der Waals surface area contributed by atoms with Gasteiger partial charge in [0, 0.05) is 56.2 Å². The zero-order valence-electron chi connectivity index (χ0n) is 31.1. The predicted octanol–water partition coefficient (Wildman–Crippen LogP) is 6.86. The molecule has 54 heavy (non-hydrogen) atoms. The van der Waals surface area contributed by atoms with E-state index in [-0.39, 0.29) is 61.7 Å². The molecule has 1 heterocycles. The zero-order valence-corrected chi connectivity index (χ0v) is 31.1. The number of hydrogen-bond acceptors (Lipinski definition) is 10. The summed E-state index contributed by atoms with van der Waals surface area (Å²) in [6.07, 6.45) is 12.3. The summed E-state index contributed by atoms with van der Waals surface area (Å²) in [5, 5.41) is 35.6. The molecule has 6 atom stereocenters. The van der Waals surface area contributed by atoms with Crippen LogP contribution in [0.1, 0.15) is 74.8 Å². The molecule has 2 saturated carbocycles. The van der Waals surface area contributed by atoms with Crippen LogP contribution in [-0.2, 0) is 21.0 Å². The van der Waals surface area contributed by atoms with E-state index < -0.39 is 22.7 Å². The van der Waals surface area contributed by atoms with Gasteiger partial charge < -0.3 is 34.2 Å². The minimum Gasteiger partial charge on any atom is -0.490 e. The smallest absolute Gasteiger partial charge is 0.269 e. The Morgan fingerprint density at radius 2 is 1.78 bits per heavy atom. The van der Waals surface area contributed by atoms with Crippen LogP contribution >= 0.6 is 0 Å². The summed E-state index contributed by atoms with van der Waals surface area (Å²) < 4.78 is 20.1. The number of hydrogen-bond donors (Lipinski definition) is 2. The first-order chi connectivity index (χ1) is 26.3. The number of allylic oxidation sites excluding steroid dienone is 1. The van der Waals surface area contributed by atoms with Gasteiger partial charge in [0.15, 0.2) is 0 Å². The van der Waals surface area contributed by atoms with E-state index in [1.54, 1.807) is 29.2 Å². The van der Waals surface area contributed by atoms with E-state index in [2.05, 4.69) is 25.3 Å². The fourth-order valence-corrected chi connectivity index (χ4v) is 8.64. The Balaban J connectivity index is 1.52. The van der Waals surface area contributed by atoms with E-state index in [1.165, 1.54) is 12.1 Å². The summed E-state index contributed by atoms with van der Waals surface area (Å²) in [5.41, 5.74) is 3.33. The molecule has 290 valence electrons. The van der Waals surface area contributed by atoms with Gasteiger partial charge in [0.05, 0.1) is 23.2 Å². The SMILES string of the molecule is C=CCOc1ccc2c(c1)C1C(CCCCO)C(CCCCO)C=C3C(=NOCc4ccc([N+](=O)[O-])cc4)CC(N(C)C(=O)C4CC4)C(OCC=C)(O2)C31. The fraction of sp³-hybridized carbons (Fsp3) is 0.524. The highest BCUT2D eigenvalue weighted by molar-refractivity contribution is 6.03. The van der Waals surface area contributed by atoms with E-state index >= 15 is 0 Å². The number of nitro benzene ring substituents is 1. The second-order valence-corrected chi connectivity index (χ2v) is 14.8. The maximum absolute atomic E-state index is 13.9. The molecule has 12 heteroatoms. The number of ether oxygens (including phenoxy) is 3. The van der Waals surface area contributed by atoms with Crippen LogP contribution in [0.15, 0.2) is 84.6 Å². The van der Waals surface area contributed by atoms with Gasteiger partial charge in [-0.3, -0.25) is 14.9 Å². The molecule has 0 aromatic heterocycles. The summed E-state index contributed by atoms with van der Waals surface area (Å²) in [6, 6.07) is 11.5. The van der Waals surface area contributed by atoms with Gasteiger partial charge in [-0.05, 0) is 91.8 Å². The standard InChI is InChI=1S/C42H53N3O9/c1-4-22-51-32-18-19-37-35(25-32)39-33(11-7-9-21-47)30(10-6-8-20-46)24-34-36(43-53-27-28-12-16-31(17-13-28)45(49)50)26-38(44(3)41(48)29-14-15-29)42(54-37,40(34)39)52-23-5-2/h4-5,12-13,16-19,24-25,29-30,33,38-40,46-47H,1-2,6-11,14-15,20-23,26-27H2,3H3. The van der Waals surface area contributed by atoms with Crippen LogP contribution in [-0.4, -0.2) is 77.0 Å². The molecule has 6 rings (SSSR count). The minimum atomic E-state index is -1.30. The second-order valence-electron chi connectivity index (χ2n) is 14.8. The topological polar surface area (TPSA) is 153 Å². The van der Waals surface area contributed by atoms with Crippen LogP contribution in [0.3, 0.4) is 0 Å². The van der Waals surface area contributed by atoms with Crippen molar-refractivity contribution in [1.82, 2.24) is 4.90 Å². The number of unbranched alkanes of at least 4 members (excludes halogenated alkanes) is 2. The van der Waals surface area contributed by atoms with Crippen molar-refractivity contribution in [2.24, 2.45) is 28.8 Å². The molecule has 12 nitrogen and oxygen atoms in total. The van der Waals surface area contributed by atoms with E-state index in [1.807, 2.05) is 19.2 Å². The predicted molar refractivity (Wildman–Crippen MR) is 204 cm³/mol. The lowest BCUT2D eigenvalue weighted by atomic mass is 9.55. The third-order valence-electron chi connectivity index (χ3n) is 11.3. The van der Waals surface area contributed by atoms with E-state index in [0.29, 0.717) is 43.1 Å². The monoisotopic (exact) mass is 743 g/mol. The first-order valence-electron chi connectivity index (χ1n) is 19.2. The van der Waals surface area contributed by atoms with Crippen molar-refractivity contribution in [2.45, 2.75) is 82.1 Å². The number of oxime groups is 1. The molecule has 3 aliphatic carbocycles. The van der Waals surface area contributed by atoms with Gasteiger partial charge in [-0.15, -0.1) is 6.58 Å². The van der Waals surface area contributed by atoms with Crippen LogP contribution in [0, 0.1) is 33.8 Å². The summed E-state index contributed by atoms with van der Waals surface area (Å²) in [6.45, 7) is 8.62. The number of carbonyl (C=O) groups is 1. The number of likely N-dealkylation sites (N-methyl/N-ethyl adjacent to an activating group) is 1. The average molecular weight is 744 g/mol. The van der Waals surface area contributed by atoms with Crippen molar-refractivity contribution in [2.75, 3.05) is 33.5 Å². The van der Waals surface area contributed by atoms with Crippen LogP contribution in [0.5, 0.6) is 11.5 Å². The molecule has 0 bridgehead atoms. The fourth-order valence-electron chi connectivity index (χ4n) is 8.64. The van der Waals surface area contributed by atoms with Crippen molar-refractivity contribution >= 4 is 17.3 Å². The molecule has 6 unspecified atom stereocenters. The maximum Gasteiger partial charge on any atom is 0.269 e. The largest absolute Gasteiger partial charge is 0.490 e. The molecule has 1 aliphatic heterocycles. The van der Waals surface area contributed by atoms with Crippen molar-refractivity contribution in [3.8, 4) is 11.5 Å². The Hall–Kier alpha value is -4.52. The zero-order chi connectivity index (χ0) is 38.2. The van der Waals surface area contributed by atoms with Gasteiger partial charge in [0.1, 0.15) is 30.8 Å². The average Bonchev–Trinajstić information content (AvgIpc) is 4.03. The summed E-state index contributed by atoms with van der Waals surface area (Å²) in [7, 11) is 1.83. The van der Waals surface area contributed by atoms with Crippen LogP contribution < -0.4 is 9.47 Å². The summed E-state index contributed by atoms with van der Waals surface area (Å²) >= 11 is 0. The van der Waals surface area contributed by atoms with E-state index in [4.69, 9.17) is 24.2 Å². The van der Waals surface area contributed by atoms with Crippen molar-refractivity contribution in [3.05, 3.63) is 101 Å². The van der Waals surface area contributed by atoms with E-state index in [9.17, 15) is 25.1 Å². The molecule has 0 radical (unpaired) electrons. The molecule has 2 N–H and O–H groups in total. The Morgan fingerprint density at radius 3 is 2.44 bits per heavy atom. The van der Waals surface area contributed by atoms with Crippen LogP contribution in [0.25, 0.3) is 0 Å². The molecule has 0 spiro atoms. The normalized spacial score (nSPS) is 26.1. The highest BCUT2D eigenvalue weighted by atomic mass is 16.7. The quantitative estimate of drug-likeness (QED) is 0.0641. The van der Waals surface area contributed by atoms with Crippen molar-refractivity contribution in [1.29, 1.82) is 0 Å². The third-order valence-corrected chi connectivity index (χ3v) is 11.3. The van der Waals surface area contributed by atoms with Crippen LogP contribution in [0.4, 0.5) is 5.69 Å². The molecule has 2 fully saturated rings. The van der Waals surface area contributed by atoms with Gasteiger partial charge in [-0.25, -0.2) is 0 Å². The number of non-ortho nitro benzene ring substituents is 1. The lowest BCUT2D eigenvalue weighted by Crippen LogP contribution is -2.69. The summed E-state index contributed by atoms with van der Waals surface area (Å²) in [4.78, 5) is 32.6. The first kappa shape index (κ1) is 39.2. The number of aliphatic hydroxyl groups excluding tert-OH is 2. The van der Waals surface area contributed by atoms with Gasteiger partial charge in [-0.2, -0.15) is 0 Å². The maximum atomic E-state index is 13.9. The van der Waals surface area contributed by atoms with Crippen molar-refractivity contribution < 1.29 is 39.0 Å². The number of aliphatic hydroxyl groups is 2. The lowest BCUT2D eigenvalue weighted by Gasteiger charge is -2.59. The number of carbonyl (C=O) groups excluding carboxylic acids is 1. The number of nitro groups is 1. The Kier molecular flexibility index (Phi) is 12.9. The Morgan fingerprint density at radius 1 is 1.06 bits per heavy atom. The molecule has 2 aromatic rings. The molecular weight excluding hydrogens is 690 g/mol. The highest BCUT2D eigenvalue weighted by Crippen LogP contribution is 2.62. The lowest BCUT2D eigenvalue weighted by molar-refractivity contribution is -0.384. The van der Waals surface area contributed by atoms with Crippen LogP contribution in [0.2, 0.25) is 0 Å². The van der Waals surface area contributed by atoms with Gasteiger partial charge in [0.25, 0.3) is 5.69 Å². The van der Waals surface area contributed by atoms with Gasteiger partial charge >= 0.3 is 0 Å².